The predicted molar refractivity (Wildman–Crippen MR) is 34.3 cm³/mol. The lowest BCUT2D eigenvalue weighted by Crippen LogP contribution is -2.15. The average molecular weight is 142 g/mol. The summed E-state index contributed by atoms with van der Waals surface area (Å²) in [4.78, 5) is 0. The summed E-state index contributed by atoms with van der Waals surface area (Å²) in [7, 11) is 0. The molecule has 4 heteroatoms. The number of aromatic nitrogens is 2. The molecule has 0 amide bonds. The van der Waals surface area contributed by atoms with E-state index < -0.39 is 5.60 Å². The van der Waals surface area contributed by atoms with Gasteiger partial charge >= 0.3 is 0 Å². The average Bonchev–Trinajstić information content (AvgIpc) is 2.11. The number of aliphatic hydroxyl groups is 1. The fourth-order valence-electron chi connectivity index (χ4n) is 0.544. The smallest absolute Gasteiger partial charge is 0.247 e. The summed E-state index contributed by atoms with van der Waals surface area (Å²) < 4.78 is 4.98. The topological polar surface area (TPSA) is 59.2 Å². The van der Waals surface area contributed by atoms with Gasteiger partial charge in [0.1, 0.15) is 5.60 Å². The van der Waals surface area contributed by atoms with Gasteiger partial charge in [0.2, 0.25) is 11.8 Å². The fraction of sp³-hybridized carbons (Fsp3) is 0.667. The van der Waals surface area contributed by atoms with Crippen molar-refractivity contribution in [2.24, 2.45) is 0 Å². The molecule has 0 radical (unpaired) electrons. The summed E-state index contributed by atoms with van der Waals surface area (Å²) in [5, 5.41) is 16.5. The van der Waals surface area contributed by atoms with Crippen molar-refractivity contribution in [2.45, 2.75) is 26.4 Å². The van der Waals surface area contributed by atoms with Crippen molar-refractivity contribution in [2.75, 3.05) is 0 Å². The van der Waals surface area contributed by atoms with Crippen LogP contribution in [0.3, 0.4) is 0 Å². The second-order valence-corrected chi connectivity index (χ2v) is 2.69. The van der Waals surface area contributed by atoms with Crippen molar-refractivity contribution in [3.05, 3.63) is 11.8 Å². The Morgan fingerprint density at radius 3 is 2.20 bits per heavy atom. The van der Waals surface area contributed by atoms with Crippen LogP contribution in [0, 0.1) is 6.92 Å². The largest absolute Gasteiger partial charge is 0.422 e. The van der Waals surface area contributed by atoms with E-state index in [2.05, 4.69) is 10.2 Å². The minimum atomic E-state index is -1.03. The van der Waals surface area contributed by atoms with E-state index in [0.717, 1.165) is 0 Å². The van der Waals surface area contributed by atoms with Crippen molar-refractivity contribution < 1.29 is 9.52 Å². The Labute approximate surface area is 58.9 Å². The van der Waals surface area contributed by atoms with Crippen LogP contribution in [0.25, 0.3) is 0 Å². The lowest BCUT2D eigenvalue weighted by Gasteiger charge is -2.09. The molecular weight excluding hydrogens is 132 g/mol. The van der Waals surface area contributed by atoms with E-state index in [9.17, 15) is 5.11 Å². The van der Waals surface area contributed by atoms with Crippen LogP contribution >= 0.6 is 0 Å². The highest BCUT2D eigenvalue weighted by Gasteiger charge is 2.22. The molecule has 0 saturated heterocycles. The first kappa shape index (κ1) is 7.21. The zero-order valence-electron chi connectivity index (χ0n) is 6.25. The first-order chi connectivity index (χ1) is 4.50. The Morgan fingerprint density at radius 2 is 2.00 bits per heavy atom. The lowest BCUT2D eigenvalue weighted by atomic mass is 10.1. The Bertz CT molecular complexity index is 224. The summed E-state index contributed by atoms with van der Waals surface area (Å²) in [5.41, 5.74) is -1.03. The summed E-state index contributed by atoms with van der Waals surface area (Å²) in [6.07, 6.45) is 0. The van der Waals surface area contributed by atoms with Crippen molar-refractivity contribution in [1.29, 1.82) is 0 Å². The third-order valence-corrected chi connectivity index (χ3v) is 1.05. The van der Waals surface area contributed by atoms with Gasteiger partial charge in [-0.2, -0.15) is 0 Å². The Kier molecular flexibility index (Phi) is 1.48. The maximum Gasteiger partial charge on any atom is 0.247 e. The van der Waals surface area contributed by atoms with Crippen molar-refractivity contribution in [3.63, 3.8) is 0 Å². The van der Waals surface area contributed by atoms with Crippen LogP contribution in [0.15, 0.2) is 4.42 Å². The van der Waals surface area contributed by atoms with Crippen LogP contribution in [0.2, 0.25) is 0 Å². The van der Waals surface area contributed by atoms with Gasteiger partial charge in [-0.3, -0.25) is 0 Å². The number of rotatable bonds is 1. The minimum absolute atomic E-state index is 0.255. The van der Waals surface area contributed by atoms with Gasteiger partial charge in [-0.15, -0.1) is 10.2 Å². The van der Waals surface area contributed by atoms with Gasteiger partial charge in [-0.25, -0.2) is 0 Å². The quantitative estimate of drug-likeness (QED) is 0.624. The van der Waals surface area contributed by atoms with Gasteiger partial charge in [-0.05, 0) is 13.8 Å². The molecule has 0 saturated carbocycles. The first-order valence-electron chi connectivity index (χ1n) is 3.03. The molecule has 1 aromatic rings. The second kappa shape index (κ2) is 2.05. The van der Waals surface area contributed by atoms with Gasteiger partial charge in [0.05, 0.1) is 0 Å². The number of hydrogen-bond donors (Lipinski definition) is 1. The van der Waals surface area contributed by atoms with Crippen LogP contribution in [0.5, 0.6) is 0 Å². The maximum atomic E-state index is 9.31. The highest BCUT2D eigenvalue weighted by atomic mass is 16.4. The normalized spacial score (nSPS) is 12.0. The van der Waals surface area contributed by atoms with Gasteiger partial charge in [-0.1, -0.05) is 0 Å². The standard InChI is InChI=1S/C6H10N2O2/c1-4-7-8-5(10-4)6(2,3)9/h9H,1-3H3. The van der Waals surface area contributed by atoms with Crippen LogP contribution < -0.4 is 0 Å². The molecule has 0 aromatic carbocycles. The van der Waals surface area contributed by atoms with Gasteiger partial charge < -0.3 is 9.52 Å². The molecular formula is C6H10N2O2. The highest BCUT2D eigenvalue weighted by molar-refractivity contribution is 4.90. The Balaban J connectivity index is 2.96. The van der Waals surface area contributed by atoms with Crippen LogP contribution in [0.4, 0.5) is 0 Å². The summed E-state index contributed by atoms with van der Waals surface area (Å²) in [6, 6.07) is 0. The van der Waals surface area contributed by atoms with E-state index in [0.29, 0.717) is 5.89 Å². The molecule has 1 rings (SSSR count). The molecule has 0 unspecified atom stereocenters. The molecule has 0 atom stereocenters. The molecule has 0 spiro atoms. The van der Waals surface area contributed by atoms with E-state index in [1.165, 1.54) is 0 Å². The molecule has 0 fully saturated rings. The fourth-order valence-corrected chi connectivity index (χ4v) is 0.544. The van der Waals surface area contributed by atoms with E-state index in [4.69, 9.17) is 4.42 Å². The van der Waals surface area contributed by atoms with Crippen LogP contribution in [0.1, 0.15) is 25.6 Å². The molecule has 1 N–H and O–H groups in total. The van der Waals surface area contributed by atoms with E-state index in [1.54, 1.807) is 20.8 Å². The van der Waals surface area contributed by atoms with Gasteiger partial charge in [0.25, 0.3) is 0 Å². The van der Waals surface area contributed by atoms with E-state index >= 15 is 0 Å². The predicted octanol–water partition coefficient (Wildman–Crippen LogP) is 0.605. The van der Waals surface area contributed by atoms with Crippen molar-refractivity contribution in [1.82, 2.24) is 10.2 Å². The molecule has 0 bridgehead atoms. The molecule has 1 heterocycles. The number of aryl methyl sites for hydroxylation is 1. The molecule has 4 nitrogen and oxygen atoms in total. The molecule has 0 aliphatic carbocycles. The molecule has 10 heavy (non-hydrogen) atoms. The van der Waals surface area contributed by atoms with Crippen LogP contribution in [-0.2, 0) is 5.60 Å². The number of hydrogen-bond acceptors (Lipinski definition) is 4. The molecule has 1 aromatic heterocycles. The summed E-state index contributed by atoms with van der Waals surface area (Å²) in [6.45, 7) is 4.88. The third kappa shape index (κ3) is 1.33. The maximum absolute atomic E-state index is 9.31. The zero-order valence-corrected chi connectivity index (χ0v) is 6.25. The van der Waals surface area contributed by atoms with E-state index in [-0.39, 0.29) is 5.89 Å². The van der Waals surface area contributed by atoms with Crippen molar-refractivity contribution >= 4 is 0 Å². The summed E-state index contributed by atoms with van der Waals surface area (Å²) in [5.74, 6) is 0.724. The second-order valence-electron chi connectivity index (χ2n) is 2.69. The Hall–Kier alpha value is -0.900. The van der Waals surface area contributed by atoms with Gasteiger partial charge in [0, 0.05) is 6.92 Å². The third-order valence-electron chi connectivity index (χ3n) is 1.05. The lowest BCUT2D eigenvalue weighted by molar-refractivity contribution is 0.0474. The zero-order chi connectivity index (χ0) is 7.78. The first-order valence-corrected chi connectivity index (χ1v) is 3.03. The Morgan fingerprint density at radius 1 is 1.40 bits per heavy atom. The SMILES string of the molecule is Cc1nnc(C(C)(C)O)o1. The molecule has 0 aliphatic heterocycles. The molecule has 56 valence electrons. The van der Waals surface area contributed by atoms with Crippen molar-refractivity contribution in [3.8, 4) is 0 Å². The monoisotopic (exact) mass is 142 g/mol. The minimum Gasteiger partial charge on any atom is -0.422 e. The van der Waals surface area contributed by atoms with Gasteiger partial charge in [0.15, 0.2) is 0 Å². The highest BCUT2D eigenvalue weighted by Crippen LogP contribution is 2.16. The van der Waals surface area contributed by atoms with Crippen LogP contribution in [-0.4, -0.2) is 15.3 Å². The number of nitrogens with zero attached hydrogens (tertiary/aromatic N) is 2. The molecule has 0 aliphatic rings. The van der Waals surface area contributed by atoms with E-state index in [1.807, 2.05) is 0 Å². The summed E-state index contributed by atoms with van der Waals surface area (Å²) >= 11 is 0.